The Morgan fingerprint density at radius 1 is 1.17 bits per heavy atom. The molecule has 2 heterocycles. The smallest absolute Gasteiger partial charge is 0.270 e. The number of nitrogens with zero attached hydrogens (tertiary/aromatic N) is 1. The molecule has 0 saturated carbocycles. The maximum absolute atomic E-state index is 14.0. The van der Waals surface area contributed by atoms with Gasteiger partial charge in [0.2, 0.25) is 6.79 Å². The van der Waals surface area contributed by atoms with Gasteiger partial charge in [-0.2, -0.15) is 0 Å². The van der Waals surface area contributed by atoms with Gasteiger partial charge < -0.3 is 18.9 Å². The molecule has 0 radical (unpaired) electrons. The number of hydrogen-bond acceptors (Lipinski definition) is 7. The second kappa shape index (κ2) is 10.0. The first-order valence-corrected chi connectivity index (χ1v) is 12.7. The number of rotatable bonds is 6. The Morgan fingerprint density at radius 3 is 2.77 bits per heavy atom. The summed E-state index contributed by atoms with van der Waals surface area (Å²) in [6.07, 6.45) is 1.76. The number of benzene rings is 3. The molecule has 0 aromatic heterocycles. The van der Waals surface area contributed by atoms with E-state index in [2.05, 4.69) is 22.6 Å². The lowest BCUT2D eigenvalue weighted by molar-refractivity contribution is -0.113. The van der Waals surface area contributed by atoms with Crippen molar-refractivity contribution in [2.45, 2.75) is 6.61 Å². The molecule has 0 aliphatic carbocycles. The lowest BCUT2D eigenvalue weighted by Crippen LogP contribution is -2.27. The summed E-state index contributed by atoms with van der Waals surface area (Å²) < 4.78 is 37.3. The predicted molar refractivity (Wildman–Crippen MR) is 145 cm³/mol. The van der Waals surface area contributed by atoms with Gasteiger partial charge in [-0.1, -0.05) is 42.2 Å². The topological polar surface area (TPSA) is 57.2 Å². The van der Waals surface area contributed by atoms with Crippen LogP contribution in [0.4, 0.5) is 10.1 Å². The number of thioether (sulfide) groups is 1. The van der Waals surface area contributed by atoms with Crippen LogP contribution in [-0.4, -0.2) is 24.1 Å². The van der Waals surface area contributed by atoms with E-state index in [0.29, 0.717) is 43.5 Å². The van der Waals surface area contributed by atoms with E-state index in [1.807, 2.05) is 6.07 Å². The summed E-state index contributed by atoms with van der Waals surface area (Å²) in [6, 6.07) is 15.4. The van der Waals surface area contributed by atoms with Crippen LogP contribution in [0.5, 0.6) is 23.0 Å². The molecule has 10 heteroatoms. The number of ether oxygens (including phenoxy) is 4. The molecule has 2 aliphatic rings. The van der Waals surface area contributed by atoms with Gasteiger partial charge in [0.15, 0.2) is 27.3 Å². The van der Waals surface area contributed by atoms with Crippen LogP contribution in [0, 0.1) is 9.39 Å². The zero-order chi connectivity index (χ0) is 24.5. The van der Waals surface area contributed by atoms with E-state index in [-0.39, 0.29) is 25.1 Å². The van der Waals surface area contributed by atoms with Crippen molar-refractivity contribution in [1.29, 1.82) is 0 Å². The molecule has 1 fully saturated rings. The summed E-state index contributed by atoms with van der Waals surface area (Å²) >= 11 is 8.83. The van der Waals surface area contributed by atoms with Gasteiger partial charge in [0.25, 0.3) is 5.91 Å². The van der Waals surface area contributed by atoms with Crippen LogP contribution < -0.4 is 23.8 Å². The van der Waals surface area contributed by atoms with Crippen molar-refractivity contribution in [3.05, 3.63) is 80.0 Å². The first-order chi connectivity index (χ1) is 16.9. The van der Waals surface area contributed by atoms with Crippen molar-refractivity contribution in [2.24, 2.45) is 0 Å². The molecule has 0 atom stereocenters. The Bertz CT molecular complexity index is 1380. The number of hydrogen-bond donors (Lipinski definition) is 0. The Morgan fingerprint density at radius 2 is 1.97 bits per heavy atom. The molecule has 6 nitrogen and oxygen atoms in total. The number of anilines is 1. The highest BCUT2D eigenvalue weighted by Crippen LogP contribution is 2.42. The summed E-state index contributed by atoms with van der Waals surface area (Å²) in [5, 5.41) is 0. The molecule has 3 aromatic carbocycles. The molecule has 0 N–H and O–H groups in total. The summed E-state index contributed by atoms with van der Waals surface area (Å²) in [5.74, 6) is 1.63. The van der Waals surface area contributed by atoms with Crippen LogP contribution in [0.15, 0.2) is 59.5 Å². The molecule has 5 rings (SSSR count). The molecule has 3 aromatic rings. The number of halogens is 2. The van der Waals surface area contributed by atoms with Crippen LogP contribution in [0.3, 0.4) is 0 Å². The van der Waals surface area contributed by atoms with Gasteiger partial charge in [0.05, 0.1) is 21.3 Å². The Balaban J connectivity index is 1.39. The van der Waals surface area contributed by atoms with Gasteiger partial charge >= 0.3 is 0 Å². The Kier molecular flexibility index (Phi) is 6.85. The van der Waals surface area contributed by atoms with Gasteiger partial charge in [0, 0.05) is 11.6 Å². The molecule has 35 heavy (non-hydrogen) atoms. The van der Waals surface area contributed by atoms with Gasteiger partial charge in [-0.15, -0.1) is 0 Å². The summed E-state index contributed by atoms with van der Waals surface area (Å²) in [4.78, 5) is 15.2. The van der Waals surface area contributed by atoms with Crippen molar-refractivity contribution >= 4 is 68.6 Å². The van der Waals surface area contributed by atoms with E-state index in [1.54, 1.807) is 48.5 Å². The lowest BCUT2D eigenvalue weighted by Gasteiger charge is -2.15. The summed E-state index contributed by atoms with van der Waals surface area (Å²) in [6.45, 7) is 0.212. The van der Waals surface area contributed by atoms with Gasteiger partial charge in [-0.05, 0) is 64.6 Å². The maximum atomic E-state index is 14.0. The standard InChI is InChI=1S/C25H17FINO5S2/c1-30-21-9-14(8-18(27)23(21)31-12-15-4-2-3-5-17(15)26)10-22-24(29)28(25(34)35-22)16-6-7-19-20(11-16)33-13-32-19/h2-11H,12-13H2,1H3/b22-10+. The third kappa shape index (κ3) is 4.82. The largest absolute Gasteiger partial charge is 0.493 e. The van der Waals surface area contributed by atoms with E-state index < -0.39 is 0 Å². The third-order valence-electron chi connectivity index (χ3n) is 5.29. The molecular formula is C25H17FINO5S2. The molecule has 1 saturated heterocycles. The van der Waals surface area contributed by atoms with E-state index in [1.165, 1.54) is 29.8 Å². The molecule has 178 valence electrons. The van der Waals surface area contributed by atoms with Crippen LogP contribution in [-0.2, 0) is 11.4 Å². The zero-order valence-corrected chi connectivity index (χ0v) is 22.0. The SMILES string of the molecule is COc1cc(/C=C2/SC(=S)N(c3ccc4c(c3)OCO4)C2=O)cc(I)c1OCc1ccccc1F. The number of fused-ring (bicyclic) bond motifs is 1. The van der Waals surface area contributed by atoms with Crippen LogP contribution >= 0.6 is 46.6 Å². The first kappa shape index (κ1) is 23.9. The van der Waals surface area contributed by atoms with Crippen LogP contribution in [0.1, 0.15) is 11.1 Å². The van der Waals surface area contributed by atoms with Crippen molar-refractivity contribution in [1.82, 2.24) is 0 Å². The summed E-state index contributed by atoms with van der Waals surface area (Å²) in [7, 11) is 1.53. The quantitative estimate of drug-likeness (QED) is 0.186. The van der Waals surface area contributed by atoms with Gasteiger partial charge in [-0.3, -0.25) is 9.69 Å². The number of methoxy groups -OCH3 is 1. The monoisotopic (exact) mass is 621 g/mol. The van der Waals surface area contributed by atoms with E-state index in [4.69, 9.17) is 31.2 Å². The fourth-order valence-corrected chi connectivity index (χ4v) is 5.67. The highest BCUT2D eigenvalue weighted by molar-refractivity contribution is 14.1. The van der Waals surface area contributed by atoms with Crippen LogP contribution in [0.2, 0.25) is 0 Å². The predicted octanol–water partition coefficient (Wildman–Crippen LogP) is 6.15. The van der Waals surface area contributed by atoms with Crippen molar-refractivity contribution in [2.75, 3.05) is 18.8 Å². The molecule has 0 spiro atoms. The second-order valence-corrected chi connectivity index (χ2v) is 10.3. The number of carbonyl (C=O) groups excluding carboxylic acids is 1. The lowest BCUT2D eigenvalue weighted by atomic mass is 10.1. The van der Waals surface area contributed by atoms with Crippen molar-refractivity contribution in [3.8, 4) is 23.0 Å². The highest BCUT2D eigenvalue weighted by atomic mass is 127. The molecule has 1 amide bonds. The fourth-order valence-electron chi connectivity index (χ4n) is 3.59. The van der Waals surface area contributed by atoms with E-state index in [0.717, 1.165) is 9.13 Å². The number of carbonyl (C=O) groups is 1. The minimum Gasteiger partial charge on any atom is -0.493 e. The Hall–Kier alpha value is -2.83. The van der Waals surface area contributed by atoms with Crippen LogP contribution in [0.25, 0.3) is 6.08 Å². The van der Waals surface area contributed by atoms with Gasteiger partial charge in [0.1, 0.15) is 12.4 Å². The molecule has 2 aliphatic heterocycles. The molecule has 0 bridgehead atoms. The van der Waals surface area contributed by atoms with Gasteiger partial charge in [-0.25, -0.2) is 4.39 Å². The highest BCUT2D eigenvalue weighted by Gasteiger charge is 2.34. The minimum absolute atomic E-state index is 0.0621. The normalized spacial score (nSPS) is 15.7. The number of thiocarbonyl (C=S) groups is 1. The molecular weight excluding hydrogens is 604 g/mol. The van der Waals surface area contributed by atoms with E-state index in [9.17, 15) is 9.18 Å². The zero-order valence-electron chi connectivity index (χ0n) is 18.2. The van der Waals surface area contributed by atoms with Crippen molar-refractivity contribution in [3.63, 3.8) is 0 Å². The second-order valence-electron chi connectivity index (χ2n) is 7.47. The number of amides is 1. The van der Waals surface area contributed by atoms with E-state index >= 15 is 0 Å². The van der Waals surface area contributed by atoms with Crippen molar-refractivity contribution < 1.29 is 28.1 Å². The fraction of sp³-hybridized carbons (Fsp3) is 0.120. The minimum atomic E-state index is -0.331. The average Bonchev–Trinajstić information content (AvgIpc) is 3.42. The maximum Gasteiger partial charge on any atom is 0.270 e. The Labute approximate surface area is 224 Å². The first-order valence-electron chi connectivity index (χ1n) is 10.4. The molecule has 0 unspecified atom stereocenters. The average molecular weight is 621 g/mol. The third-order valence-corrected chi connectivity index (χ3v) is 7.39. The summed E-state index contributed by atoms with van der Waals surface area (Å²) in [5.41, 5.74) is 1.81.